The monoisotopic (exact) mass is 500 g/mol. The molecule has 0 bridgehead atoms. The van der Waals surface area contributed by atoms with Crippen LogP contribution in [0.4, 0.5) is 0 Å². The highest BCUT2D eigenvalue weighted by Crippen LogP contribution is 2.32. The molecule has 0 radical (unpaired) electrons. The number of pyridine rings is 1. The van der Waals surface area contributed by atoms with E-state index in [4.69, 9.17) is 9.47 Å². The minimum Gasteiger partial charge on any atom is -0.472 e. The fourth-order valence-electron chi connectivity index (χ4n) is 5.04. The Balaban J connectivity index is 1.57. The van der Waals surface area contributed by atoms with Crippen LogP contribution >= 0.6 is 0 Å². The molecule has 36 heavy (non-hydrogen) atoms. The Morgan fingerprint density at radius 1 is 1.31 bits per heavy atom. The molecule has 2 amide bonds. The van der Waals surface area contributed by atoms with Crippen LogP contribution in [0.2, 0.25) is 0 Å². The van der Waals surface area contributed by atoms with Gasteiger partial charge in [-0.1, -0.05) is 13.0 Å². The van der Waals surface area contributed by atoms with Gasteiger partial charge in [0.05, 0.1) is 39.0 Å². The number of hydrogen-bond donors (Lipinski definition) is 1. The Bertz CT molecular complexity index is 961. The van der Waals surface area contributed by atoms with E-state index >= 15 is 0 Å². The second-order valence-corrected chi connectivity index (χ2v) is 10.3. The first kappa shape index (κ1) is 26.6. The van der Waals surface area contributed by atoms with Gasteiger partial charge in [0.15, 0.2) is 0 Å². The molecule has 1 fully saturated rings. The highest BCUT2D eigenvalue weighted by atomic mass is 16.5. The normalized spacial score (nSPS) is 24.2. The molecule has 0 unspecified atom stereocenters. The maximum absolute atomic E-state index is 13.6. The molecule has 3 aliphatic rings. The predicted molar refractivity (Wildman–Crippen MR) is 137 cm³/mol. The van der Waals surface area contributed by atoms with Gasteiger partial charge in [0.2, 0.25) is 11.8 Å². The second kappa shape index (κ2) is 12.2. The van der Waals surface area contributed by atoms with Crippen LogP contribution in [0.3, 0.4) is 0 Å². The van der Waals surface area contributed by atoms with Crippen LogP contribution in [0.1, 0.15) is 55.5 Å². The number of likely N-dealkylation sites (N-methyl/N-ethyl adjacent to an activating group) is 1. The van der Waals surface area contributed by atoms with Crippen molar-refractivity contribution in [3.8, 4) is 5.88 Å². The number of aliphatic hydroxyl groups is 1. The van der Waals surface area contributed by atoms with Gasteiger partial charge in [-0.2, -0.15) is 0 Å². The number of hydrogen-bond acceptors (Lipinski definition) is 7. The van der Waals surface area contributed by atoms with E-state index in [1.807, 2.05) is 19.9 Å². The molecule has 1 aromatic heterocycles. The number of ether oxygens (including phenoxy) is 2. The number of rotatable bonds is 7. The van der Waals surface area contributed by atoms with E-state index in [2.05, 4.69) is 16.0 Å². The first-order chi connectivity index (χ1) is 17.4. The maximum Gasteiger partial charge on any atom is 0.259 e. The lowest BCUT2D eigenvalue weighted by molar-refractivity contribution is -0.133. The summed E-state index contributed by atoms with van der Waals surface area (Å²) in [5, 5.41) is 9.88. The lowest BCUT2D eigenvalue weighted by atomic mass is 9.93. The fraction of sp³-hybridized carbons (Fsp3) is 0.667. The molecular weight excluding hydrogens is 460 g/mol. The highest BCUT2D eigenvalue weighted by Gasteiger charge is 2.35. The summed E-state index contributed by atoms with van der Waals surface area (Å²) in [4.78, 5) is 36.7. The summed E-state index contributed by atoms with van der Waals surface area (Å²) in [5.74, 6) is 0.0664. The molecule has 9 heteroatoms. The number of morpholine rings is 1. The molecule has 0 saturated carbocycles. The number of aromatic nitrogens is 1. The lowest BCUT2D eigenvalue weighted by Crippen LogP contribution is -2.51. The van der Waals surface area contributed by atoms with Crippen LogP contribution in [0.5, 0.6) is 5.88 Å². The van der Waals surface area contributed by atoms with Crippen molar-refractivity contribution in [1.29, 1.82) is 0 Å². The van der Waals surface area contributed by atoms with E-state index in [0.29, 0.717) is 44.3 Å². The molecule has 0 spiro atoms. The molecule has 3 atom stereocenters. The fourth-order valence-corrected chi connectivity index (χ4v) is 5.04. The number of aliphatic hydroxyl groups excluding tert-OH is 1. The van der Waals surface area contributed by atoms with Crippen molar-refractivity contribution >= 4 is 17.4 Å². The van der Waals surface area contributed by atoms with Crippen LogP contribution in [-0.2, 0) is 9.53 Å². The van der Waals surface area contributed by atoms with Crippen molar-refractivity contribution in [2.75, 3.05) is 59.6 Å². The van der Waals surface area contributed by atoms with Crippen LogP contribution < -0.4 is 4.74 Å². The van der Waals surface area contributed by atoms with Crippen molar-refractivity contribution in [2.45, 2.75) is 51.7 Å². The Morgan fingerprint density at radius 3 is 2.78 bits per heavy atom. The number of carbonyl (C=O) groups excluding carboxylic acids is 2. The molecule has 1 saturated heterocycles. The first-order valence-electron chi connectivity index (χ1n) is 13.2. The lowest BCUT2D eigenvalue weighted by Gasteiger charge is -2.38. The summed E-state index contributed by atoms with van der Waals surface area (Å²) in [6.45, 7) is 7.68. The molecule has 9 nitrogen and oxygen atoms in total. The Labute approximate surface area is 214 Å². The van der Waals surface area contributed by atoms with Gasteiger partial charge in [-0.25, -0.2) is 4.98 Å². The van der Waals surface area contributed by atoms with Crippen molar-refractivity contribution in [2.24, 2.45) is 5.92 Å². The number of nitrogens with zero attached hydrogens (tertiary/aromatic N) is 4. The minimum absolute atomic E-state index is 0.0270. The maximum atomic E-state index is 13.6. The first-order valence-corrected chi connectivity index (χ1v) is 13.2. The van der Waals surface area contributed by atoms with Crippen molar-refractivity contribution < 1.29 is 24.2 Å². The molecule has 1 N–H and O–H groups in total. The summed E-state index contributed by atoms with van der Waals surface area (Å²) >= 11 is 0. The molecule has 0 aromatic carbocycles. The molecule has 2 aliphatic heterocycles. The quantitative estimate of drug-likeness (QED) is 0.612. The predicted octanol–water partition coefficient (Wildman–Crippen LogP) is 2.05. The van der Waals surface area contributed by atoms with Gasteiger partial charge in [-0.05, 0) is 49.8 Å². The van der Waals surface area contributed by atoms with Crippen LogP contribution in [0, 0.1) is 5.92 Å². The van der Waals surface area contributed by atoms with E-state index in [0.717, 1.165) is 37.9 Å². The van der Waals surface area contributed by atoms with E-state index in [1.54, 1.807) is 23.0 Å². The summed E-state index contributed by atoms with van der Waals surface area (Å²) in [6, 6.07) is 1.55. The van der Waals surface area contributed by atoms with Gasteiger partial charge in [-0.15, -0.1) is 0 Å². The van der Waals surface area contributed by atoms with Crippen LogP contribution in [-0.4, -0.2) is 108 Å². The number of amides is 2. The average molecular weight is 501 g/mol. The van der Waals surface area contributed by atoms with E-state index < -0.39 is 0 Å². The number of allylic oxidation sites excluding steroid dienone is 2. The van der Waals surface area contributed by atoms with Gasteiger partial charge >= 0.3 is 0 Å². The Kier molecular flexibility index (Phi) is 8.98. The summed E-state index contributed by atoms with van der Waals surface area (Å²) in [5.41, 5.74) is 2.58. The largest absolute Gasteiger partial charge is 0.472 e. The third-order valence-corrected chi connectivity index (χ3v) is 7.52. The Morgan fingerprint density at radius 2 is 2.08 bits per heavy atom. The zero-order valence-corrected chi connectivity index (χ0v) is 21.8. The van der Waals surface area contributed by atoms with Crippen LogP contribution in [0.15, 0.2) is 18.3 Å². The SMILES string of the molecule is C[C@H]1CN([C@@H](C)CO)C(=O)c2cc(C3=CCCCC3)cnc2O[C@@H]1CN(C)C(=O)CN1CCOCC1. The second-order valence-electron chi connectivity index (χ2n) is 10.3. The standard InChI is InChI=1S/C27H40N4O5/c1-19-15-31(20(2)18-32)27(34)23-13-22(21-7-5-4-6-8-21)14-28-26(23)36-24(19)16-29(3)25(33)17-30-9-11-35-12-10-30/h7,13-14,19-20,24,32H,4-6,8-12,15-18H2,1-3H3/t19-,20-,24+/m0/s1. The summed E-state index contributed by atoms with van der Waals surface area (Å²) < 4.78 is 11.7. The molecule has 1 aliphatic carbocycles. The molecule has 3 heterocycles. The third kappa shape index (κ3) is 6.25. The van der Waals surface area contributed by atoms with Crippen molar-refractivity contribution in [3.05, 3.63) is 29.5 Å². The molecule has 1 aromatic rings. The van der Waals surface area contributed by atoms with Gasteiger partial charge in [-0.3, -0.25) is 14.5 Å². The average Bonchev–Trinajstić information content (AvgIpc) is 2.91. The van der Waals surface area contributed by atoms with Gasteiger partial charge < -0.3 is 24.4 Å². The summed E-state index contributed by atoms with van der Waals surface area (Å²) in [7, 11) is 1.80. The number of fused-ring (bicyclic) bond motifs is 1. The smallest absolute Gasteiger partial charge is 0.259 e. The summed E-state index contributed by atoms with van der Waals surface area (Å²) in [6.07, 6.45) is 8.00. The molecular formula is C27H40N4O5. The zero-order valence-electron chi connectivity index (χ0n) is 21.8. The molecule has 4 rings (SSSR count). The van der Waals surface area contributed by atoms with Crippen molar-refractivity contribution in [1.82, 2.24) is 19.7 Å². The van der Waals surface area contributed by atoms with E-state index in [9.17, 15) is 14.7 Å². The van der Waals surface area contributed by atoms with E-state index in [1.165, 1.54) is 12.0 Å². The minimum atomic E-state index is -0.351. The van der Waals surface area contributed by atoms with Gasteiger partial charge in [0.25, 0.3) is 5.91 Å². The van der Waals surface area contributed by atoms with E-state index in [-0.39, 0.29) is 36.5 Å². The molecule has 198 valence electrons. The zero-order chi connectivity index (χ0) is 25.7. The van der Waals surface area contributed by atoms with Gasteiger partial charge in [0, 0.05) is 38.8 Å². The van der Waals surface area contributed by atoms with Crippen LogP contribution in [0.25, 0.3) is 5.57 Å². The number of carbonyl (C=O) groups is 2. The van der Waals surface area contributed by atoms with Crippen molar-refractivity contribution in [3.63, 3.8) is 0 Å². The highest BCUT2D eigenvalue weighted by molar-refractivity contribution is 5.97. The Hall–Kier alpha value is -2.49. The van der Waals surface area contributed by atoms with Gasteiger partial charge in [0.1, 0.15) is 11.7 Å². The topological polar surface area (TPSA) is 95.4 Å². The third-order valence-electron chi connectivity index (χ3n) is 7.52.